The zero-order chi connectivity index (χ0) is 16.0. The summed E-state index contributed by atoms with van der Waals surface area (Å²) < 4.78 is 0. The molecule has 0 aliphatic rings. The number of nitriles is 3. The van der Waals surface area contributed by atoms with Gasteiger partial charge in [0.25, 0.3) is 0 Å². The fraction of sp³-hybridized carbons (Fsp3) is 0.500. The molecule has 1 rings (SSSR count). The van der Waals surface area contributed by atoms with E-state index in [9.17, 15) is 0 Å². The van der Waals surface area contributed by atoms with E-state index in [4.69, 9.17) is 15.8 Å². The van der Waals surface area contributed by atoms with Gasteiger partial charge in [-0.1, -0.05) is 34.6 Å². The molecular weight excluding hydrogens is 573 g/mol. The van der Waals surface area contributed by atoms with E-state index in [1.807, 2.05) is 0 Å². The van der Waals surface area contributed by atoms with Crippen LogP contribution in [0.2, 0.25) is 0 Å². The third kappa shape index (κ3) is 36.5. The Morgan fingerprint density at radius 2 is 0.704 bits per heavy atom. The van der Waals surface area contributed by atoms with E-state index in [0.29, 0.717) is 0 Å². The van der Waals surface area contributed by atoms with Crippen LogP contribution in [0.15, 0.2) is 0 Å². The van der Waals surface area contributed by atoms with Crippen molar-refractivity contribution in [1.82, 2.24) is 0 Å². The van der Waals surface area contributed by atoms with Gasteiger partial charge >= 0.3 is 43.9 Å². The third-order valence-electron chi connectivity index (χ3n) is 2.81. The van der Waals surface area contributed by atoms with Crippen molar-refractivity contribution in [2.24, 2.45) is 0 Å². The van der Waals surface area contributed by atoms with Crippen molar-refractivity contribution in [2.75, 3.05) is 0 Å². The Bertz CT molecular complexity index is 397. The molecule has 0 radical (unpaired) electrons. The molecule has 0 aliphatic heterocycles. The minimum absolute atomic E-state index is 0. The first kappa shape index (κ1) is 72.4. The number of rotatable bonds is 0. The summed E-state index contributed by atoms with van der Waals surface area (Å²) in [5.74, 6) is 0. The van der Waals surface area contributed by atoms with Gasteiger partial charge in [-0.25, -0.2) is 0 Å². The zero-order valence-electron chi connectivity index (χ0n) is 16.4. The molecule has 0 fully saturated rings. The maximum Gasteiger partial charge on any atom is 5.00 e. The second-order valence-electron chi connectivity index (χ2n) is 3.80. The van der Waals surface area contributed by atoms with Crippen molar-refractivity contribution in [1.29, 1.82) is 15.8 Å². The Morgan fingerprint density at radius 1 is 0.593 bits per heavy atom. The zero-order valence-corrected chi connectivity index (χ0v) is 20.6. The van der Waals surface area contributed by atoms with Gasteiger partial charge in [0, 0.05) is 20.8 Å². The van der Waals surface area contributed by atoms with Crippen LogP contribution >= 0.6 is 0 Å². The summed E-state index contributed by atoms with van der Waals surface area (Å²) in [5.41, 5.74) is 7.34. The molecule has 11 heteroatoms. The van der Waals surface area contributed by atoms with Crippen molar-refractivity contribution in [3.63, 3.8) is 0 Å². The standard InChI is InChI=1S/C10H15.3C2H3N.6FH.Rh.Sb/c1-6-7(2)9(4)10(5)8(6)3;3*1-2-3;;;;;;;;/h1-5H3;3*1H3;6*1H;;/q-1;;;;;;;;;;+3;+5/p-6. The molecule has 0 saturated heterocycles. The number of nitrogens with zero attached hydrogens (tertiary/aromatic N) is 3. The van der Waals surface area contributed by atoms with Crippen LogP contribution < -0.4 is 28.2 Å². The van der Waals surface area contributed by atoms with E-state index in [-0.39, 0.29) is 72.1 Å². The molecule has 0 spiro atoms. The monoisotopic (exact) mass is 596 g/mol. The van der Waals surface area contributed by atoms with Crippen LogP contribution in [-0.4, -0.2) is 24.4 Å². The second-order valence-corrected chi connectivity index (χ2v) is 3.80. The maximum absolute atomic E-state index is 7.32. The van der Waals surface area contributed by atoms with Gasteiger partial charge in [-0.3, -0.25) is 0 Å². The Hall–Kier alpha value is -1.16. The van der Waals surface area contributed by atoms with Crippen LogP contribution in [0.5, 0.6) is 0 Å². The molecule has 0 heterocycles. The Kier molecular flexibility index (Phi) is 133. The van der Waals surface area contributed by atoms with E-state index in [1.165, 1.54) is 48.6 Å². The van der Waals surface area contributed by atoms with Crippen LogP contribution in [0.3, 0.4) is 0 Å². The number of hydrogen-bond acceptors (Lipinski definition) is 3. The summed E-state index contributed by atoms with van der Waals surface area (Å²) in [7, 11) is 0. The van der Waals surface area contributed by atoms with Crippen LogP contribution in [0.1, 0.15) is 48.6 Å². The molecule has 1 aromatic rings. The Balaban J connectivity index is -0.0000000149. The van der Waals surface area contributed by atoms with Crippen molar-refractivity contribution in [3.05, 3.63) is 27.8 Å². The van der Waals surface area contributed by atoms with E-state index < -0.39 is 0 Å². The fourth-order valence-electron chi connectivity index (χ4n) is 1.41. The second kappa shape index (κ2) is 49.8. The summed E-state index contributed by atoms with van der Waals surface area (Å²) in [4.78, 5) is 0. The third-order valence-corrected chi connectivity index (χ3v) is 2.81. The molecule has 0 atom stereocenters. The summed E-state index contributed by atoms with van der Waals surface area (Å²) >= 11 is 0. The van der Waals surface area contributed by atoms with Gasteiger partial charge in [0.1, 0.15) is 0 Å². The molecule has 158 valence electrons. The molecule has 0 amide bonds. The van der Waals surface area contributed by atoms with Gasteiger partial charge in [-0.2, -0.15) is 43.6 Å². The van der Waals surface area contributed by atoms with Gasteiger partial charge < -0.3 is 28.2 Å². The predicted octanol–water partition coefficient (Wildman–Crippen LogP) is -13.8. The van der Waals surface area contributed by atoms with Gasteiger partial charge in [-0.15, -0.1) is 0 Å². The van der Waals surface area contributed by atoms with Crippen LogP contribution in [0, 0.1) is 68.6 Å². The Morgan fingerprint density at radius 3 is 0.741 bits per heavy atom. The Labute approximate surface area is 188 Å². The number of halogens is 6. The molecule has 27 heavy (non-hydrogen) atoms. The predicted molar refractivity (Wildman–Crippen MR) is 85.3 cm³/mol. The first-order valence-corrected chi connectivity index (χ1v) is 5.92. The van der Waals surface area contributed by atoms with Gasteiger partial charge in [0.15, 0.2) is 0 Å². The largest absolute Gasteiger partial charge is 5.00 e. The van der Waals surface area contributed by atoms with Crippen LogP contribution in [0.25, 0.3) is 0 Å². The van der Waals surface area contributed by atoms with Crippen molar-refractivity contribution < 1.29 is 47.7 Å². The maximum atomic E-state index is 7.32. The SMILES string of the molecule is CC#N.CC#N.CC#N.Cc1c(C)c(C)[c-](C)c1C.[F-].[F-].[F-].[F-].[F-].[F-].[Rh+3].[Sb+5]. The first-order valence-electron chi connectivity index (χ1n) is 5.92. The summed E-state index contributed by atoms with van der Waals surface area (Å²) in [6.45, 7) is 15.3. The van der Waals surface area contributed by atoms with Crippen molar-refractivity contribution >= 4 is 24.4 Å². The molecule has 0 N–H and O–H groups in total. The molecule has 0 unspecified atom stereocenters. The first-order chi connectivity index (χ1) is 8.80. The van der Waals surface area contributed by atoms with Crippen LogP contribution in [-0.2, 0) is 19.5 Å². The molecule has 1 aromatic carbocycles. The van der Waals surface area contributed by atoms with E-state index >= 15 is 0 Å². The van der Waals surface area contributed by atoms with Gasteiger partial charge in [0.2, 0.25) is 0 Å². The normalized spacial score (nSPS) is 4.78. The minimum atomic E-state index is 0. The van der Waals surface area contributed by atoms with Gasteiger partial charge in [0.05, 0.1) is 18.2 Å². The summed E-state index contributed by atoms with van der Waals surface area (Å²) in [6, 6.07) is 5.25. The molecular formula is C16H24F6N3RhSb+. The van der Waals surface area contributed by atoms with E-state index in [0.717, 1.165) is 0 Å². The quantitative estimate of drug-likeness (QED) is 0.170. The molecule has 0 aromatic heterocycles. The van der Waals surface area contributed by atoms with Gasteiger partial charge in [-0.05, 0) is 0 Å². The summed E-state index contributed by atoms with van der Waals surface area (Å²) in [6.07, 6.45) is 0. The number of hydrogen-bond donors (Lipinski definition) is 0. The molecule has 0 aliphatic carbocycles. The molecule has 0 saturated carbocycles. The van der Waals surface area contributed by atoms with Crippen molar-refractivity contribution in [3.8, 4) is 18.2 Å². The van der Waals surface area contributed by atoms with E-state index in [2.05, 4.69) is 34.6 Å². The smallest absolute Gasteiger partial charge is 1.00 e. The average molecular weight is 597 g/mol. The fourth-order valence-corrected chi connectivity index (χ4v) is 1.41. The molecule has 3 nitrogen and oxygen atoms in total. The minimum Gasteiger partial charge on any atom is -1.00 e. The topological polar surface area (TPSA) is 71.4 Å². The molecule has 0 bridgehead atoms. The van der Waals surface area contributed by atoms with Crippen molar-refractivity contribution in [2.45, 2.75) is 55.4 Å². The average Bonchev–Trinajstić information content (AvgIpc) is 2.51. The van der Waals surface area contributed by atoms with E-state index in [1.54, 1.807) is 18.2 Å². The van der Waals surface area contributed by atoms with Crippen LogP contribution in [0.4, 0.5) is 0 Å². The summed E-state index contributed by atoms with van der Waals surface area (Å²) in [5, 5.41) is 22.0.